The fourth-order valence-electron chi connectivity index (χ4n) is 10.1. The third-order valence-corrected chi connectivity index (χ3v) is 15.2. The number of hydrogen-bond donors (Lipinski definition) is 0. The van der Waals surface area contributed by atoms with E-state index in [0.717, 1.165) is 109 Å². The molecule has 0 N–H and O–H groups in total. The Morgan fingerprint density at radius 1 is 0.266 bits per heavy atom. The normalized spacial score (nSPS) is 12.5. The van der Waals surface area contributed by atoms with Gasteiger partial charge in [0, 0.05) is 19.3 Å². The lowest BCUT2D eigenvalue weighted by atomic mass is 10.0. The van der Waals surface area contributed by atoms with Gasteiger partial charge in [-0.3, -0.25) is 14.4 Å². The summed E-state index contributed by atoms with van der Waals surface area (Å²) < 4.78 is 17.0. The molecule has 0 aliphatic rings. The van der Waals surface area contributed by atoms with Gasteiger partial charge in [-0.15, -0.1) is 0 Å². The molecule has 0 aromatic carbocycles. The van der Waals surface area contributed by atoms with Crippen molar-refractivity contribution in [2.45, 2.75) is 361 Å². The van der Waals surface area contributed by atoms with Crippen LogP contribution in [0.4, 0.5) is 0 Å². The summed E-state index contributed by atoms with van der Waals surface area (Å²) in [6, 6.07) is 0. The van der Waals surface area contributed by atoms with Crippen molar-refractivity contribution in [3.8, 4) is 0 Å². The van der Waals surface area contributed by atoms with Gasteiger partial charge in [0.25, 0.3) is 0 Å². The van der Waals surface area contributed by atoms with Crippen molar-refractivity contribution in [1.29, 1.82) is 0 Å². The van der Waals surface area contributed by atoms with Gasteiger partial charge >= 0.3 is 17.9 Å². The SMILES string of the molecule is CC/C=C\C/C=C\C/C=C\CCCCCCCCCC(=O)OCC(COC(=O)CCCCCCCCCCCCCCCCCCCCCCCCCCC)OC(=O)CCCCCCCC/C=C\C/C=C\C/C=C\CCCCC. The second-order valence-electron chi connectivity index (χ2n) is 23.1. The first-order valence-corrected chi connectivity index (χ1v) is 34.4. The molecule has 0 amide bonds. The Labute approximate surface area is 491 Å². The van der Waals surface area contributed by atoms with E-state index in [9.17, 15) is 14.4 Å². The molecule has 1 unspecified atom stereocenters. The number of allylic oxidation sites excluding steroid dienone is 12. The first kappa shape index (κ1) is 75.8. The van der Waals surface area contributed by atoms with E-state index in [2.05, 4.69) is 93.7 Å². The third-order valence-electron chi connectivity index (χ3n) is 15.2. The van der Waals surface area contributed by atoms with Crippen LogP contribution in [-0.2, 0) is 28.6 Å². The van der Waals surface area contributed by atoms with Gasteiger partial charge < -0.3 is 14.2 Å². The average molecular weight is 1100 g/mol. The van der Waals surface area contributed by atoms with Crippen LogP contribution < -0.4 is 0 Å². The molecule has 0 spiro atoms. The molecule has 0 heterocycles. The van der Waals surface area contributed by atoms with Gasteiger partial charge in [-0.2, -0.15) is 0 Å². The van der Waals surface area contributed by atoms with Crippen LogP contribution in [0.25, 0.3) is 0 Å². The first-order valence-electron chi connectivity index (χ1n) is 34.4. The molecule has 79 heavy (non-hydrogen) atoms. The first-order chi connectivity index (χ1) is 39.0. The lowest BCUT2D eigenvalue weighted by Gasteiger charge is -2.18. The summed E-state index contributed by atoms with van der Waals surface area (Å²) in [6.45, 7) is 6.54. The minimum atomic E-state index is -0.788. The molecule has 6 nitrogen and oxygen atoms in total. The van der Waals surface area contributed by atoms with E-state index < -0.39 is 6.10 Å². The van der Waals surface area contributed by atoms with Gasteiger partial charge in [0.15, 0.2) is 6.10 Å². The quantitative estimate of drug-likeness (QED) is 0.0261. The molecular weight excluding hydrogens is 973 g/mol. The van der Waals surface area contributed by atoms with Crippen LogP contribution in [0.2, 0.25) is 0 Å². The minimum absolute atomic E-state index is 0.0810. The third kappa shape index (κ3) is 65.5. The summed E-state index contributed by atoms with van der Waals surface area (Å²) in [5.74, 6) is -0.884. The topological polar surface area (TPSA) is 78.9 Å². The smallest absolute Gasteiger partial charge is 0.306 e. The van der Waals surface area contributed by atoms with Gasteiger partial charge in [-0.25, -0.2) is 0 Å². The Morgan fingerprint density at radius 3 is 0.797 bits per heavy atom. The van der Waals surface area contributed by atoms with Crippen molar-refractivity contribution in [3.63, 3.8) is 0 Å². The number of ether oxygens (including phenoxy) is 3. The van der Waals surface area contributed by atoms with Crippen molar-refractivity contribution in [2.24, 2.45) is 0 Å². The number of esters is 3. The Balaban J connectivity index is 4.33. The van der Waals surface area contributed by atoms with Crippen molar-refractivity contribution < 1.29 is 28.6 Å². The average Bonchev–Trinajstić information content (AvgIpc) is 3.45. The zero-order valence-corrected chi connectivity index (χ0v) is 52.6. The molecule has 0 radical (unpaired) electrons. The highest BCUT2D eigenvalue weighted by Gasteiger charge is 2.19. The van der Waals surface area contributed by atoms with Crippen LogP contribution >= 0.6 is 0 Å². The fraction of sp³-hybridized carbons (Fsp3) is 0.795. The molecular formula is C73H130O6. The van der Waals surface area contributed by atoms with Crippen LogP contribution in [0.3, 0.4) is 0 Å². The minimum Gasteiger partial charge on any atom is -0.462 e. The van der Waals surface area contributed by atoms with Crippen molar-refractivity contribution >= 4 is 17.9 Å². The van der Waals surface area contributed by atoms with Crippen molar-refractivity contribution in [3.05, 3.63) is 72.9 Å². The van der Waals surface area contributed by atoms with Gasteiger partial charge in [0.2, 0.25) is 0 Å². The second kappa shape index (κ2) is 67.4. The van der Waals surface area contributed by atoms with Gasteiger partial charge in [-0.1, -0.05) is 318 Å². The largest absolute Gasteiger partial charge is 0.462 e. The predicted octanol–water partition coefficient (Wildman–Crippen LogP) is 23.7. The lowest BCUT2D eigenvalue weighted by molar-refractivity contribution is -0.167. The number of carbonyl (C=O) groups is 3. The highest BCUT2D eigenvalue weighted by atomic mass is 16.6. The Morgan fingerprint density at radius 2 is 0.494 bits per heavy atom. The van der Waals surface area contributed by atoms with E-state index in [4.69, 9.17) is 14.2 Å². The molecule has 0 aliphatic heterocycles. The van der Waals surface area contributed by atoms with Crippen LogP contribution in [0.1, 0.15) is 355 Å². The number of hydrogen-bond acceptors (Lipinski definition) is 6. The molecule has 0 saturated heterocycles. The zero-order valence-electron chi connectivity index (χ0n) is 52.6. The van der Waals surface area contributed by atoms with E-state index in [1.807, 2.05) is 0 Å². The van der Waals surface area contributed by atoms with E-state index in [0.29, 0.717) is 19.3 Å². The standard InChI is InChI=1S/C73H130O6/c1-4-7-10-13-16-19-22-25-28-31-33-34-35-36-37-38-40-42-45-48-51-54-57-60-63-66-72(75)78-69-70(68-77-71(74)65-62-59-56-53-50-47-44-41-30-27-24-21-18-15-12-9-6-3)79-73(76)67-64-61-58-55-52-49-46-43-39-32-29-26-23-20-17-14-11-8-5-2/h9,12,17-18,20-21,26-27,29-30,39,43,70H,4-8,10-11,13-16,19,22-25,28,31-38,40-42,44-69H2,1-3H3/b12-9-,20-17-,21-18-,29-26-,30-27-,43-39-. The Kier molecular flexibility index (Phi) is 64.7. The van der Waals surface area contributed by atoms with Gasteiger partial charge in [-0.05, 0) is 89.9 Å². The molecule has 0 aromatic heterocycles. The highest BCUT2D eigenvalue weighted by molar-refractivity contribution is 5.71. The fourth-order valence-corrected chi connectivity index (χ4v) is 10.1. The monoisotopic (exact) mass is 1100 g/mol. The molecule has 0 aromatic rings. The summed E-state index contributed by atoms with van der Waals surface area (Å²) in [5.41, 5.74) is 0. The van der Waals surface area contributed by atoms with Crippen molar-refractivity contribution in [2.75, 3.05) is 13.2 Å². The van der Waals surface area contributed by atoms with E-state index in [1.165, 1.54) is 205 Å². The molecule has 0 fully saturated rings. The summed E-state index contributed by atoms with van der Waals surface area (Å²) in [7, 11) is 0. The van der Waals surface area contributed by atoms with Crippen LogP contribution in [0.5, 0.6) is 0 Å². The predicted molar refractivity (Wildman–Crippen MR) is 344 cm³/mol. The molecule has 0 rings (SSSR count). The maximum atomic E-state index is 12.9. The lowest BCUT2D eigenvalue weighted by Crippen LogP contribution is -2.30. The zero-order chi connectivity index (χ0) is 57.1. The van der Waals surface area contributed by atoms with Gasteiger partial charge in [0.05, 0.1) is 0 Å². The van der Waals surface area contributed by atoms with Crippen LogP contribution in [0.15, 0.2) is 72.9 Å². The maximum absolute atomic E-state index is 12.9. The van der Waals surface area contributed by atoms with E-state index in [1.54, 1.807) is 0 Å². The maximum Gasteiger partial charge on any atom is 0.306 e. The molecule has 1 atom stereocenters. The number of unbranched alkanes of at least 4 members (excludes halogenated alkanes) is 40. The summed E-state index contributed by atoms with van der Waals surface area (Å²) in [4.78, 5) is 38.4. The van der Waals surface area contributed by atoms with Crippen LogP contribution in [-0.4, -0.2) is 37.2 Å². The van der Waals surface area contributed by atoms with Crippen LogP contribution in [0, 0.1) is 0 Å². The number of rotatable bonds is 63. The Hall–Kier alpha value is -3.15. The summed E-state index contributed by atoms with van der Waals surface area (Å²) >= 11 is 0. The molecule has 0 bridgehead atoms. The second-order valence-corrected chi connectivity index (χ2v) is 23.1. The molecule has 0 saturated carbocycles. The van der Waals surface area contributed by atoms with E-state index >= 15 is 0 Å². The number of carbonyl (C=O) groups excluding carboxylic acids is 3. The highest BCUT2D eigenvalue weighted by Crippen LogP contribution is 2.18. The summed E-state index contributed by atoms with van der Waals surface area (Å²) in [6.07, 6.45) is 87.8. The molecule has 0 aliphatic carbocycles. The van der Waals surface area contributed by atoms with E-state index in [-0.39, 0.29) is 31.1 Å². The van der Waals surface area contributed by atoms with Crippen molar-refractivity contribution in [1.82, 2.24) is 0 Å². The van der Waals surface area contributed by atoms with Gasteiger partial charge in [0.1, 0.15) is 13.2 Å². The Bertz CT molecular complexity index is 1450. The molecule has 458 valence electrons. The summed E-state index contributed by atoms with van der Waals surface area (Å²) in [5, 5.41) is 0. The molecule has 6 heteroatoms.